The van der Waals surface area contributed by atoms with Gasteiger partial charge in [0.25, 0.3) is 5.91 Å². The number of rotatable bonds is 5. The predicted octanol–water partition coefficient (Wildman–Crippen LogP) is 1.63. The molecular weight excluding hydrogens is 284 g/mol. The Bertz CT molecular complexity index is 561. The Morgan fingerprint density at radius 3 is 2.70 bits per heavy atom. The summed E-state index contributed by atoms with van der Waals surface area (Å²) in [4.78, 5) is 35.4. The predicted molar refractivity (Wildman–Crippen MR) is 71.2 cm³/mol. The lowest BCUT2D eigenvalue weighted by Crippen LogP contribution is -2.31. The van der Waals surface area contributed by atoms with Crippen LogP contribution in [-0.2, 0) is 16.1 Å². The molecule has 20 heavy (non-hydrogen) atoms. The van der Waals surface area contributed by atoms with Crippen molar-refractivity contribution >= 4 is 29.5 Å². The van der Waals surface area contributed by atoms with Gasteiger partial charge in [0.2, 0.25) is 0 Å². The molecule has 2 N–H and O–H groups in total. The van der Waals surface area contributed by atoms with Crippen molar-refractivity contribution in [2.75, 3.05) is 0 Å². The van der Waals surface area contributed by atoms with Gasteiger partial charge in [0.05, 0.1) is 6.54 Å². The number of aliphatic carboxylic acids is 1. The van der Waals surface area contributed by atoms with Crippen LogP contribution in [0.25, 0.3) is 0 Å². The van der Waals surface area contributed by atoms with Crippen LogP contribution in [0.4, 0.5) is 4.79 Å². The Morgan fingerprint density at radius 1 is 1.35 bits per heavy atom. The van der Waals surface area contributed by atoms with Gasteiger partial charge in [-0.3, -0.25) is 14.5 Å². The Labute approximate surface area is 120 Å². The fourth-order valence-electron chi connectivity index (χ4n) is 1.99. The molecule has 106 valence electrons. The van der Waals surface area contributed by atoms with Crippen LogP contribution in [0.1, 0.15) is 18.4 Å². The van der Waals surface area contributed by atoms with Crippen LogP contribution in [0.5, 0.6) is 0 Å². The van der Waals surface area contributed by atoms with E-state index >= 15 is 0 Å². The number of carboxylic acids is 1. The van der Waals surface area contributed by atoms with E-state index in [4.69, 9.17) is 16.7 Å². The van der Waals surface area contributed by atoms with E-state index in [1.54, 1.807) is 24.3 Å². The number of carbonyl (C=O) groups is 3. The number of nitrogens with one attached hydrogen (secondary N) is 1. The van der Waals surface area contributed by atoms with Gasteiger partial charge in [-0.2, -0.15) is 0 Å². The molecule has 1 heterocycles. The van der Waals surface area contributed by atoms with E-state index in [2.05, 4.69) is 5.32 Å². The SMILES string of the molecule is O=C(O)CC[C@@H]1NC(=O)N(Cc2ccccc2Cl)C1=O. The summed E-state index contributed by atoms with van der Waals surface area (Å²) in [7, 11) is 0. The molecule has 0 aromatic heterocycles. The lowest BCUT2D eigenvalue weighted by Gasteiger charge is -2.13. The van der Waals surface area contributed by atoms with Crippen LogP contribution in [-0.4, -0.2) is 34.0 Å². The second kappa shape index (κ2) is 5.92. The minimum absolute atomic E-state index is 0.0773. The summed E-state index contributed by atoms with van der Waals surface area (Å²) in [6.45, 7) is 0.0773. The fourth-order valence-corrected chi connectivity index (χ4v) is 2.18. The maximum atomic E-state index is 12.1. The van der Waals surface area contributed by atoms with E-state index in [9.17, 15) is 14.4 Å². The third-order valence-electron chi connectivity index (χ3n) is 3.04. The molecule has 0 unspecified atom stereocenters. The maximum absolute atomic E-state index is 12.1. The molecule has 7 heteroatoms. The quantitative estimate of drug-likeness (QED) is 0.809. The molecule has 1 aliphatic heterocycles. The molecule has 1 fully saturated rings. The molecule has 1 aromatic rings. The molecule has 1 saturated heterocycles. The smallest absolute Gasteiger partial charge is 0.325 e. The van der Waals surface area contributed by atoms with Gasteiger partial charge in [-0.1, -0.05) is 29.8 Å². The number of benzene rings is 1. The standard InChI is InChI=1S/C13H13ClN2O4/c14-9-4-2-1-3-8(9)7-16-12(19)10(15-13(16)20)5-6-11(17)18/h1-4,10H,5-7H2,(H,15,20)(H,17,18)/t10-/m0/s1. The van der Waals surface area contributed by atoms with Crippen LogP contribution in [0.3, 0.4) is 0 Å². The number of halogens is 1. The van der Waals surface area contributed by atoms with Gasteiger partial charge >= 0.3 is 12.0 Å². The van der Waals surface area contributed by atoms with Crippen molar-refractivity contribution in [3.8, 4) is 0 Å². The molecule has 0 bridgehead atoms. The number of imide groups is 1. The molecule has 1 aromatic carbocycles. The number of nitrogens with zero attached hydrogens (tertiary/aromatic N) is 1. The summed E-state index contributed by atoms with van der Waals surface area (Å²) in [6, 6.07) is 5.63. The zero-order valence-corrected chi connectivity index (χ0v) is 11.3. The minimum atomic E-state index is -1.00. The fraction of sp³-hybridized carbons (Fsp3) is 0.308. The number of hydrogen-bond donors (Lipinski definition) is 2. The molecule has 1 atom stereocenters. The highest BCUT2D eigenvalue weighted by Crippen LogP contribution is 2.20. The van der Waals surface area contributed by atoms with Crippen LogP contribution in [0.15, 0.2) is 24.3 Å². The van der Waals surface area contributed by atoms with E-state index in [0.717, 1.165) is 4.90 Å². The molecular formula is C13H13ClN2O4. The van der Waals surface area contributed by atoms with Crippen LogP contribution < -0.4 is 5.32 Å². The highest BCUT2D eigenvalue weighted by Gasteiger charge is 2.37. The van der Waals surface area contributed by atoms with Gasteiger partial charge in [0, 0.05) is 11.4 Å². The average molecular weight is 297 g/mol. The van der Waals surface area contributed by atoms with E-state index in [0.29, 0.717) is 10.6 Å². The summed E-state index contributed by atoms with van der Waals surface area (Å²) < 4.78 is 0. The van der Waals surface area contributed by atoms with Gasteiger partial charge in [-0.25, -0.2) is 4.79 Å². The first-order chi connectivity index (χ1) is 9.49. The van der Waals surface area contributed by atoms with Gasteiger partial charge in [0.15, 0.2) is 0 Å². The van der Waals surface area contributed by atoms with Gasteiger partial charge in [-0.15, -0.1) is 0 Å². The third kappa shape index (κ3) is 3.08. The van der Waals surface area contributed by atoms with E-state index in [1.807, 2.05) is 0 Å². The Kier molecular flexibility index (Phi) is 4.24. The normalized spacial score (nSPS) is 18.2. The largest absolute Gasteiger partial charge is 0.481 e. The Morgan fingerprint density at radius 2 is 2.05 bits per heavy atom. The van der Waals surface area contributed by atoms with E-state index in [-0.39, 0.29) is 19.4 Å². The Hall–Kier alpha value is -2.08. The summed E-state index contributed by atoms with van der Waals surface area (Å²) in [5.41, 5.74) is 0.663. The molecule has 1 aliphatic rings. The molecule has 0 aliphatic carbocycles. The van der Waals surface area contributed by atoms with Crippen molar-refractivity contribution in [3.63, 3.8) is 0 Å². The summed E-state index contributed by atoms with van der Waals surface area (Å²) in [5, 5.41) is 11.6. The number of amides is 3. The summed E-state index contributed by atoms with van der Waals surface area (Å²) in [5.74, 6) is -1.42. The number of hydrogen-bond acceptors (Lipinski definition) is 3. The van der Waals surface area contributed by atoms with E-state index < -0.39 is 23.9 Å². The first-order valence-corrected chi connectivity index (χ1v) is 6.44. The highest BCUT2D eigenvalue weighted by atomic mass is 35.5. The van der Waals surface area contributed by atoms with Gasteiger partial charge in [-0.05, 0) is 18.1 Å². The monoisotopic (exact) mass is 296 g/mol. The summed E-state index contributed by atoms with van der Waals surface area (Å²) >= 11 is 5.99. The highest BCUT2D eigenvalue weighted by molar-refractivity contribution is 6.31. The van der Waals surface area contributed by atoms with Crippen molar-refractivity contribution in [1.29, 1.82) is 0 Å². The molecule has 3 amide bonds. The lowest BCUT2D eigenvalue weighted by molar-refractivity contribution is -0.137. The van der Waals surface area contributed by atoms with Crippen molar-refractivity contribution in [2.45, 2.75) is 25.4 Å². The first-order valence-electron chi connectivity index (χ1n) is 6.06. The second-order valence-electron chi connectivity index (χ2n) is 4.45. The molecule has 6 nitrogen and oxygen atoms in total. The van der Waals surface area contributed by atoms with Crippen molar-refractivity contribution in [3.05, 3.63) is 34.9 Å². The van der Waals surface area contributed by atoms with Crippen LogP contribution >= 0.6 is 11.6 Å². The third-order valence-corrected chi connectivity index (χ3v) is 3.41. The number of carboxylic acid groups (broad SMARTS) is 1. The van der Waals surface area contributed by atoms with Crippen LogP contribution in [0, 0.1) is 0 Å². The van der Waals surface area contributed by atoms with Crippen molar-refractivity contribution in [2.24, 2.45) is 0 Å². The van der Waals surface area contributed by atoms with Gasteiger partial charge < -0.3 is 10.4 Å². The Balaban J connectivity index is 2.06. The number of urea groups is 1. The first kappa shape index (κ1) is 14.3. The van der Waals surface area contributed by atoms with Crippen molar-refractivity contribution < 1.29 is 19.5 Å². The molecule has 0 saturated carbocycles. The molecule has 0 radical (unpaired) electrons. The minimum Gasteiger partial charge on any atom is -0.481 e. The maximum Gasteiger partial charge on any atom is 0.325 e. The summed E-state index contributed by atoms with van der Waals surface area (Å²) in [6.07, 6.45) is -0.0877. The molecule has 2 rings (SSSR count). The number of carbonyl (C=O) groups excluding carboxylic acids is 2. The lowest BCUT2D eigenvalue weighted by atomic mass is 10.1. The van der Waals surface area contributed by atoms with Crippen molar-refractivity contribution in [1.82, 2.24) is 10.2 Å². The van der Waals surface area contributed by atoms with E-state index in [1.165, 1.54) is 0 Å². The van der Waals surface area contributed by atoms with Crippen LogP contribution in [0.2, 0.25) is 5.02 Å². The molecule has 0 spiro atoms. The van der Waals surface area contributed by atoms with Gasteiger partial charge in [0.1, 0.15) is 6.04 Å². The zero-order valence-electron chi connectivity index (χ0n) is 10.5. The second-order valence-corrected chi connectivity index (χ2v) is 4.86. The average Bonchev–Trinajstić information content (AvgIpc) is 2.66. The topological polar surface area (TPSA) is 86.7 Å². The zero-order chi connectivity index (χ0) is 14.7.